The molecule has 0 spiro atoms. The van der Waals surface area contributed by atoms with Gasteiger partial charge in [-0.2, -0.15) is 9.40 Å². The van der Waals surface area contributed by atoms with Gasteiger partial charge in [0.15, 0.2) is 0 Å². The number of aryl methyl sites for hydroxylation is 2. The Labute approximate surface area is 119 Å². The van der Waals surface area contributed by atoms with Crippen LogP contribution >= 0.6 is 0 Å². The Morgan fingerprint density at radius 1 is 1.40 bits per heavy atom. The van der Waals surface area contributed by atoms with Crippen LogP contribution in [0.25, 0.3) is 0 Å². The molecule has 1 rings (SSSR count). The molecule has 1 aromatic rings. The second kappa shape index (κ2) is 5.17. The van der Waals surface area contributed by atoms with Gasteiger partial charge in [-0.15, -0.1) is 0 Å². The van der Waals surface area contributed by atoms with Gasteiger partial charge < -0.3 is 5.11 Å². The first-order valence-corrected chi connectivity index (χ1v) is 7.68. The molecule has 8 heteroatoms. The fourth-order valence-corrected chi connectivity index (χ4v) is 4.37. The zero-order valence-electron chi connectivity index (χ0n) is 12.6. The van der Waals surface area contributed by atoms with Crippen molar-refractivity contribution in [1.29, 1.82) is 0 Å². The summed E-state index contributed by atoms with van der Waals surface area (Å²) in [5.74, 6) is -1.19. The molecule has 0 saturated heterocycles. The number of carbonyl (C=O) groups is 1. The zero-order chi connectivity index (χ0) is 15.9. The van der Waals surface area contributed by atoms with E-state index in [2.05, 4.69) is 5.10 Å². The second-order valence-electron chi connectivity index (χ2n) is 5.16. The first kappa shape index (κ1) is 16.6. The molecule has 0 saturated carbocycles. The standard InChI is InChI=1S/C12H21N3O4S/c1-7-15(12(4,5)11(16)17)20(18,19)10-8(2)13-14(6)9(10)3/h7H2,1-6H3,(H,16,17). The molecule has 1 N–H and O–H groups in total. The number of hydrogen-bond acceptors (Lipinski definition) is 4. The smallest absolute Gasteiger partial charge is 0.324 e. The fourth-order valence-electron chi connectivity index (χ4n) is 2.21. The number of carboxylic acids is 1. The van der Waals surface area contributed by atoms with Crippen molar-refractivity contribution in [2.45, 2.75) is 45.1 Å². The van der Waals surface area contributed by atoms with Gasteiger partial charge in [-0.25, -0.2) is 8.42 Å². The van der Waals surface area contributed by atoms with Gasteiger partial charge >= 0.3 is 5.97 Å². The Hall–Kier alpha value is -1.41. The van der Waals surface area contributed by atoms with E-state index >= 15 is 0 Å². The molecule has 1 heterocycles. The summed E-state index contributed by atoms with van der Waals surface area (Å²) in [6.45, 7) is 7.67. The van der Waals surface area contributed by atoms with Crippen molar-refractivity contribution in [2.24, 2.45) is 7.05 Å². The highest BCUT2D eigenvalue weighted by atomic mass is 32.2. The number of likely N-dealkylation sites (N-methyl/N-ethyl adjacent to an activating group) is 1. The highest BCUT2D eigenvalue weighted by Crippen LogP contribution is 2.28. The highest BCUT2D eigenvalue weighted by Gasteiger charge is 2.43. The van der Waals surface area contributed by atoms with Gasteiger partial charge in [0, 0.05) is 13.6 Å². The van der Waals surface area contributed by atoms with Crippen LogP contribution in [0.1, 0.15) is 32.2 Å². The lowest BCUT2D eigenvalue weighted by atomic mass is 10.1. The first-order chi connectivity index (χ1) is 8.97. The molecule has 0 aliphatic rings. The molecule has 0 aliphatic carbocycles. The van der Waals surface area contributed by atoms with Crippen LogP contribution in [0.2, 0.25) is 0 Å². The molecule has 114 valence electrons. The molecule has 20 heavy (non-hydrogen) atoms. The van der Waals surface area contributed by atoms with E-state index in [9.17, 15) is 18.3 Å². The van der Waals surface area contributed by atoms with Crippen molar-refractivity contribution in [3.63, 3.8) is 0 Å². The van der Waals surface area contributed by atoms with Gasteiger partial charge in [-0.3, -0.25) is 9.48 Å². The number of nitrogens with zero attached hydrogens (tertiary/aromatic N) is 3. The van der Waals surface area contributed by atoms with Crippen molar-refractivity contribution >= 4 is 16.0 Å². The van der Waals surface area contributed by atoms with Gasteiger partial charge in [-0.05, 0) is 27.7 Å². The Kier molecular flexibility index (Phi) is 4.31. The van der Waals surface area contributed by atoms with Crippen LogP contribution < -0.4 is 0 Å². The lowest BCUT2D eigenvalue weighted by molar-refractivity contribution is -0.146. The van der Waals surface area contributed by atoms with E-state index < -0.39 is 21.5 Å². The molecule has 0 radical (unpaired) electrons. The van der Waals surface area contributed by atoms with Crippen LogP contribution in [0.3, 0.4) is 0 Å². The van der Waals surface area contributed by atoms with Gasteiger partial charge in [0.2, 0.25) is 10.0 Å². The minimum Gasteiger partial charge on any atom is -0.480 e. The Morgan fingerprint density at radius 3 is 2.20 bits per heavy atom. The summed E-state index contributed by atoms with van der Waals surface area (Å²) in [6.07, 6.45) is 0. The average Bonchev–Trinajstić information content (AvgIpc) is 2.52. The van der Waals surface area contributed by atoms with E-state index in [1.807, 2.05) is 0 Å². The lowest BCUT2D eigenvalue weighted by Gasteiger charge is -2.33. The van der Waals surface area contributed by atoms with Crippen LogP contribution in [-0.4, -0.2) is 45.7 Å². The van der Waals surface area contributed by atoms with Crippen molar-refractivity contribution in [3.8, 4) is 0 Å². The number of sulfonamides is 1. The van der Waals surface area contributed by atoms with E-state index in [1.54, 1.807) is 27.8 Å². The lowest BCUT2D eigenvalue weighted by Crippen LogP contribution is -2.52. The fraction of sp³-hybridized carbons (Fsp3) is 0.667. The molecule has 0 unspecified atom stereocenters. The summed E-state index contributed by atoms with van der Waals surface area (Å²) in [7, 11) is -2.27. The van der Waals surface area contributed by atoms with Crippen LogP contribution in [0.15, 0.2) is 4.90 Å². The molecular formula is C12H21N3O4S. The summed E-state index contributed by atoms with van der Waals surface area (Å²) >= 11 is 0. The summed E-state index contributed by atoms with van der Waals surface area (Å²) in [5.41, 5.74) is -0.672. The largest absolute Gasteiger partial charge is 0.480 e. The number of carboxylic acid groups (broad SMARTS) is 1. The van der Waals surface area contributed by atoms with Crippen molar-refractivity contribution in [1.82, 2.24) is 14.1 Å². The normalized spacial score (nSPS) is 12.9. The Balaban J connectivity index is 3.52. The van der Waals surface area contributed by atoms with Crippen molar-refractivity contribution in [3.05, 3.63) is 11.4 Å². The molecule has 0 amide bonds. The number of aliphatic carboxylic acids is 1. The maximum Gasteiger partial charge on any atom is 0.324 e. The van der Waals surface area contributed by atoms with Crippen LogP contribution in [0.4, 0.5) is 0 Å². The van der Waals surface area contributed by atoms with Crippen molar-refractivity contribution < 1.29 is 18.3 Å². The monoisotopic (exact) mass is 303 g/mol. The molecule has 0 fully saturated rings. The molecule has 0 atom stereocenters. The third-order valence-electron chi connectivity index (χ3n) is 3.42. The highest BCUT2D eigenvalue weighted by molar-refractivity contribution is 7.89. The minimum absolute atomic E-state index is 0.0649. The molecule has 7 nitrogen and oxygen atoms in total. The van der Waals surface area contributed by atoms with E-state index in [-0.39, 0.29) is 11.4 Å². The number of aromatic nitrogens is 2. The third-order valence-corrected chi connectivity index (χ3v) is 5.83. The number of rotatable bonds is 5. The van der Waals surface area contributed by atoms with Crippen LogP contribution in [0, 0.1) is 13.8 Å². The van der Waals surface area contributed by atoms with Crippen molar-refractivity contribution in [2.75, 3.05) is 6.54 Å². The van der Waals surface area contributed by atoms with Gasteiger partial charge in [0.05, 0.1) is 11.4 Å². The first-order valence-electron chi connectivity index (χ1n) is 6.24. The molecule has 0 aromatic carbocycles. The van der Waals surface area contributed by atoms with Gasteiger partial charge in [0.25, 0.3) is 0 Å². The SMILES string of the molecule is CCN(C(C)(C)C(=O)O)S(=O)(=O)c1c(C)nn(C)c1C. The summed E-state index contributed by atoms with van der Waals surface area (Å²) < 4.78 is 28.0. The molecule has 1 aromatic heterocycles. The summed E-state index contributed by atoms with van der Waals surface area (Å²) in [4.78, 5) is 11.4. The quantitative estimate of drug-likeness (QED) is 0.873. The van der Waals surface area contributed by atoms with Crippen LogP contribution in [-0.2, 0) is 21.9 Å². The average molecular weight is 303 g/mol. The summed E-state index contributed by atoms with van der Waals surface area (Å²) in [6, 6.07) is 0. The second-order valence-corrected chi connectivity index (χ2v) is 6.96. The van der Waals surface area contributed by atoms with E-state index in [1.165, 1.54) is 18.5 Å². The topological polar surface area (TPSA) is 92.5 Å². The molecular weight excluding hydrogens is 282 g/mol. The Bertz CT molecular complexity index is 631. The maximum absolute atomic E-state index is 12.8. The predicted octanol–water partition coefficient (Wildman–Crippen LogP) is 0.911. The zero-order valence-corrected chi connectivity index (χ0v) is 13.4. The minimum atomic E-state index is -3.93. The summed E-state index contributed by atoms with van der Waals surface area (Å²) in [5, 5.41) is 13.4. The third kappa shape index (κ3) is 2.45. The molecule has 0 aliphatic heterocycles. The van der Waals surface area contributed by atoms with Crippen LogP contribution in [0.5, 0.6) is 0 Å². The van der Waals surface area contributed by atoms with Gasteiger partial charge in [0.1, 0.15) is 10.4 Å². The van der Waals surface area contributed by atoms with E-state index in [4.69, 9.17) is 0 Å². The number of hydrogen-bond donors (Lipinski definition) is 1. The predicted molar refractivity (Wildman–Crippen MR) is 74.0 cm³/mol. The van der Waals surface area contributed by atoms with E-state index in [0.717, 1.165) is 4.31 Å². The van der Waals surface area contributed by atoms with E-state index in [0.29, 0.717) is 11.4 Å². The Morgan fingerprint density at radius 2 is 1.90 bits per heavy atom. The molecule has 0 bridgehead atoms. The van der Waals surface area contributed by atoms with Gasteiger partial charge in [-0.1, -0.05) is 6.92 Å². The maximum atomic E-state index is 12.8.